The highest BCUT2D eigenvalue weighted by Gasteiger charge is 2.42. The molecule has 1 heterocycles. The number of ether oxygens (including phenoxy) is 1. The van der Waals surface area contributed by atoms with E-state index in [0.717, 1.165) is 17.5 Å². The minimum atomic E-state index is -1.45. The van der Waals surface area contributed by atoms with E-state index >= 15 is 0 Å². The Kier molecular flexibility index (Phi) is 7.69. The van der Waals surface area contributed by atoms with Crippen molar-refractivity contribution in [3.63, 3.8) is 0 Å². The molecule has 0 spiro atoms. The zero-order valence-corrected chi connectivity index (χ0v) is 17.6. The van der Waals surface area contributed by atoms with Crippen molar-refractivity contribution in [2.45, 2.75) is 25.0 Å². The number of carbonyl (C=O) groups is 2. The lowest BCUT2D eigenvalue weighted by molar-refractivity contribution is -0.142. The van der Waals surface area contributed by atoms with Crippen LogP contribution in [0.3, 0.4) is 0 Å². The molecule has 3 N–H and O–H groups in total. The van der Waals surface area contributed by atoms with Crippen LogP contribution in [-0.4, -0.2) is 63.1 Å². The zero-order valence-electron chi connectivity index (χ0n) is 16.8. The standard InChI is InChI=1S/C22H24N2O6S/c25-18(11-6-15-4-2-1-3-5-15)16-7-9-17(10-8-16)24-22(31)20(28)21(29)23(24)12-13-30-14-19(26)27/h1-5,7-10,18,20,25,28H,6,11-14H2,(H,26,27). The minimum Gasteiger partial charge on any atom is -0.480 e. The quantitative estimate of drug-likeness (QED) is 0.375. The highest BCUT2D eigenvalue weighted by atomic mass is 32.1. The number of hydrogen-bond acceptors (Lipinski definition) is 6. The fourth-order valence-electron chi connectivity index (χ4n) is 3.32. The number of benzene rings is 2. The smallest absolute Gasteiger partial charge is 0.329 e. The molecule has 8 nitrogen and oxygen atoms in total. The molecule has 0 saturated carbocycles. The number of amides is 1. The van der Waals surface area contributed by atoms with Gasteiger partial charge in [0.2, 0.25) is 0 Å². The van der Waals surface area contributed by atoms with Crippen molar-refractivity contribution >= 4 is 34.8 Å². The molecule has 2 atom stereocenters. The molecular weight excluding hydrogens is 420 g/mol. The third kappa shape index (κ3) is 5.65. The van der Waals surface area contributed by atoms with E-state index in [-0.39, 0.29) is 18.1 Å². The Morgan fingerprint density at radius 1 is 1.13 bits per heavy atom. The summed E-state index contributed by atoms with van der Waals surface area (Å²) in [5.74, 6) is -1.71. The number of anilines is 1. The molecule has 3 rings (SSSR count). The van der Waals surface area contributed by atoms with Gasteiger partial charge in [0.1, 0.15) is 11.6 Å². The lowest BCUT2D eigenvalue weighted by atomic mass is 10.0. The third-order valence-electron chi connectivity index (χ3n) is 4.92. The average Bonchev–Trinajstić information content (AvgIpc) is 2.99. The van der Waals surface area contributed by atoms with Crippen molar-refractivity contribution in [2.24, 2.45) is 0 Å². The normalized spacial score (nSPS) is 17.3. The van der Waals surface area contributed by atoms with Crippen molar-refractivity contribution in [3.05, 3.63) is 65.7 Å². The first-order chi connectivity index (χ1) is 14.9. The Labute approximate surface area is 185 Å². The maximum Gasteiger partial charge on any atom is 0.329 e. The molecule has 1 aliphatic rings. The predicted molar refractivity (Wildman–Crippen MR) is 117 cm³/mol. The molecule has 9 heteroatoms. The fraction of sp³-hybridized carbons (Fsp3) is 0.318. The van der Waals surface area contributed by atoms with Crippen molar-refractivity contribution < 1.29 is 29.6 Å². The van der Waals surface area contributed by atoms with Gasteiger partial charge in [0, 0.05) is 0 Å². The van der Waals surface area contributed by atoms with Crippen LogP contribution in [0, 0.1) is 0 Å². The number of aliphatic carboxylic acids is 1. The number of hydrazine groups is 1. The largest absolute Gasteiger partial charge is 0.480 e. The van der Waals surface area contributed by atoms with Gasteiger partial charge in [-0.05, 0) is 36.1 Å². The monoisotopic (exact) mass is 444 g/mol. The fourth-order valence-corrected chi connectivity index (χ4v) is 3.62. The van der Waals surface area contributed by atoms with Crippen molar-refractivity contribution in [3.8, 4) is 0 Å². The van der Waals surface area contributed by atoms with Crippen LogP contribution in [0.5, 0.6) is 0 Å². The molecule has 164 valence electrons. The number of rotatable bonds is 10. The molecule has 2 aromatic carbocycles. The van der Waals surface area contributed by atoms with Crippen LogP contribution in [-0.2, 0) is 20.7 Å². The van der Waals surface area contributed by atoms with E-state index in [1.165, 1.54) is 10.0 Å². The summed E-state index contributed by atoms with van der Waals surface area (Å²) in [6, 6.07) is 16.8. The summed E-state index contributed by atoms with van der Waals surface area (Å²) in [5, 5.41) is 31.9. The van der Waals surface area contributed by atoms with Crippen LogP contribution in [0.1, 0.15) is 23.7 Å². The maximum atomic E-state index is 12.4. The van der Waals surface area contributed by atoms with E-state index < -0.39 is 30.7 Å². The molecule has 0 aromatic heterocycles. The summed E-state index contributed by atoms with van der Waals surface area (Å²) < 4.78 is 5.00. The van der Waals surface area contributed by atoms with Crippen LogP contribution in [0.4, 0.5) is 5.69 Å². The first-order valence-electron chi connectivity index (χ1n) is 9.83. The van der Waals surface area contributed by atoms with Crippen LogP contribution in [0.15, 0.2) is 54.6 Å². The predicted octanol–water partition coefficient (Wildman–Crippen LogP) is 1.71. The Balaban J connectivity index is 1.66. The molecule has 1 fully saturated rings. The van der Waals surface area contributed by atoms with E-state index in [4.69, 9.17) is 22.1 Å². The lowest BCUT2D eigenvalue weighted by Crippen LogP contribution is -2.42. The Hall–Kier alpha value is -2.85. The van der Waals surface area contributed by atoms with E-state index in [1.54, 1.807) is 24.3 Å². The molecule has 1 aliphatic heterocycles. The summed E-state index contributed by atoms with van der Waals surface area (Å²) in [6.45, 7) is -0.477. The van der Waals surface area contributed by atoms with Crippen molar-refractivity contribution in [1.82, 2.24) is 5.01 Å². The van der Waals surface area contributed by atoms with Crippen LogP contribution in [0.25, 0.3) is 0 Å². The second-order valence-electron chi connectivity index (χ2n) is 7.09. The molecule has 1 amide bonds. The average molecular weight is 445 g/mol. The number of hydrogen-bond donors (Lipinski definition) is 3. The first kappa shape index (κ1) is 22.8. The lowest BCUT2D eigenvalue weighted by Gasteiger charge is -2.29. The maximum absolute atomic E-state index is 12.4. The van der Waals surface area contributed by atoms with Gasteiger partial charge in [0.15, 0.2) is 6.10 Å². The minimum absolute atomic E-state index is 0.0276. The zero-order chi connectivity index (χ0) is 22.4. The number of aliphatic hydroxyl groups is 2. The number of carboxylic acids is 1. The van der Waals surface area contributed by atoms with Gasteiger partial charge in [-0.1, -0.05) is 54.7 Å². The summed E-state index contributed by atoms with van der Waals surface area (Å²) in [4.78, 5) is 23.0. The van der Waals surface area contributed by atoms with Gasteiger partial charge in [-0.25, -0.2) is 14.8 Å². The van der Waals surface area contributed by atoms with Gasteiger partial charge in [-0.3, -0.25) is 4.79 Å². The number of carboxylic acid groups (broad SMARTS) is 1. The van der Waals surface area contributed by atoms with Gasteiger partial charge in [-0.2, -0.15) is 0 Å². The number of aliphatic hydroxyl groups excluding tert-OH is 2. The van der Waals surface area contributed by atoms with E-state index in [1.807, 2.05) is 30.3 Å². The topological polar surface area (TPSA) is 111 Å². The Morgan fingerprint density at radius 2 is 1.81 bits per heavy atom. The molecule has 0 radical (unpaired) electrons. The second kappa shape index (κ2) is 10.5. The van der Waals surface area contributed by atoms with Crippen LogP contribution in [0.2, 0.25) is 0 Å². The Morgan fingerprint density at radius 3 is 2.45 bits per heavy atom. The van der Waals surface area contributed by atoms with Gasteiger partial charge >= 0.3 is 5.97 Å². The number of nitrogens with zero attached hydrogens (tertiary/aromatic N) is 2. The van der Waals surface area contributed by atoms with Crippen LogP contribution >= 0.6 is 12.2 Å². The van der Waals surface area contributed by atoms with E-state index in [2.05, 4.69) is 0 Å². The molecular formula is C22H24N2O6S. The van der Waals surface area contributed by atoms with Crippen molar-refractivity contribution in [1.29, 1.82) is 0 Å². The van der Waals surface area contributed by atoms with E-state index in [0.29, 0.717) is 12.1 Å². The van der Waals surface area contributed by atoms with Crippen molar-refractivity contribution in [2.75, 3.05) is 24.8 Å². The van der Waals surface area contributed by atoms with Gasteiger partial charge in [-0.15, -0.1) is 0 Å². The van der Waals surface area contributed by atoms with Gasteiger partial charge in [0.25, 0.3) is 5.91 Å². The van der Waals surface area contributed by atoms with Crippen LogP contribution < -0.4 is 5.01 Å². The summed E-state index contributed by atoms with van der Waals surface area (Å²) in [6.07, 6.45) is -0.793. The third-order valence-corrected chi connectivity index (χ3v) is 5.31. The first-order valence-corrected chi connectivity index (χ1v) is 10.2. The highest BCUT2D eigenvalue weighted by molar-refractivity contribution is 7.80. The molecule has 0 bridgehead atoms. The number of thiocarbonyl (C=S) groups is 1. The molecule has 2 aromatic rings. The number of aryl methyl sites for hydroxylation is 1. The molecule has 31 heavy (non-hydrogen) atoms. The van der Waals surface area contributed by atoms with Gasteiger partial charge < -0.3 is 20.1 Å². The summed E-state index contributed by atoms with van der Waals surface area (Å²) >= 11 is 5.23. The SMILES string of the molecule is O=C(O)COCCN1C(=O)C(O)C(=S)N1c1ccc(C(O)CCc2ccccc2)cc1. The van der Waals surface area contributed by atoms with E-state index in [9.17, 15) is 19.8 Å². The Bertz CT molecular complexity index is 921. The summed E-state index contributed by atoms with van der Waals surface area (Å²) in [7, 11) is 0. The van der Waals surface area contributed by atoms with Gasteiger partial charge in [0.05, 0.1) is 24.9 Å². The number of carbonyl (C=O) groups excluding carboxylic acids is 1. The molecule has 0 aliphatic carbocycles. The summed E-state index contributed by atoms with van der Waals surface area (Å²) in [5.41, 5.74) is 2.43. The molecule has 2 unspecified atom stereocenters. The highest BCUT2D eigenvalue weighted by Crippen LogP contribution is 2.27. The second-order valence-corrected chi connectivity index (χ2v) is 7.51. The molecule has 1 saturated heterocycles.